The van der Waals surface area contributed by atoms with Gasteiger partial charge in [-0.15, -0.1) is 0 Å². The second kappa shape index (κ2) is 8.45. The molecule has 0 aliphatic carbocycles. The summed E-state index contributed by atoms with van der Waals surface area (Å²) in [5.74, 6) is 2.82. The van der Waals surface area contributed by atoms with Gasteiger partial charge < -0.3 is 30.3 Å². The summed E-state index contributed by atoms with van der Waals surface area (Å²) in [6, 6.07) is 12.2. The van der Waals surface area contributed by atoms with Gasteiger partial charge in [0.2, 0.25) is 0 Å². The second-order valence-corrected chi connectivity index (χ2v) is 8.14. The number of nitrogens with zero attached hydrogens (tertiary/aromatic N) is 4. The number of nitrogen functional groups attached to an aromatic ring is 1. The van der Waals surface area contributed by atoms with E-state index in [4.69, 9.17) is 15.2 Å². The van der Waals surface area contributed by atoms with E-state index in [1.807, 2.05) is 18.2 Å². The minimum absolute atomic E-state index is 0.544. The molecule has 1 fully saturated rings. The fourth-order valence-corrected chi connectivity index (χ4v) is 4.23. The van der Waals surface area contributed by atoms with Crippen LogP contribution in [0.25, 0.3) is 0 Å². The minimum atomic E-state index is 0.544. The Kier molecular flexibility index (Phi) is 5.34. The molecule has 0 amide bonds. The Morgan fingerprint density at radius 2 is 1.66 bits per heavy atom. The van der Waals surface area contributed by atoms with Crippen LogP contribution >= 0.6 is 0 Å². The zero-order chi connectivity index (χ0) is 22.1. The lowest BCUT2D eigenvalue weighted by molar-refractivity contribution is 0.171. The number of ether oxygens (including phenoxy) is 2. The van der Waals surface area contributed by atoms with Gasteiger partial charge in [0.25, 0.3) is 0 Å². The summed E-state index contributed by atoms with van der Waals surface area (Å²) in [4.78, 5) is 13.5. The molecular formula is C24H28N6O2. The van der Waals surface area contributed by atoms with Crippen molar-refractivity contribution in [2.45, 2.75) is 13.8 Å². The van der Waals surface area contributed by atoms with Gasteiger partial charge in [-0.3, -0.25) is 0 Å². The quantitative estimate of drug-likeness (QED) is 0.647. The Morgan fingerprint density at radius 3 is 2.47 bits per heavy atom. The van der Waals surface area contributed by atoms with E-state index in [9.17, 15) is 0 Å². The molecule has 0 radical (unpaired) electrons. The Balaban J connectivity index is 1.31. The number of benzene rings is 2. The maximum atomic E-state index is 6.49. The predicted octanol–water partition coefficient (Wildman–Crippen LogP) is 3.52. The average molecular weight is 433 g/mol. The van der Waals surface area contributed by atoms with Crippen molar-refractivity contribution in [3.63, 3.8) is 0 Å². The summed E-state index contributed by atoms with van der Waals surface area (Å²) in [7, 11) is 0. The number of hydrogen-bond acceptors (Lipinski definition) is 8. The molecule has 3 aromatic rings. The summed E-state index contributed by atoms with van der Waals surface area (Å²) in [6.45, 7) is 8.98. The van der Waals surface area contributed by atoms with Crippen LogP contribution in [0.1, 0.15) is 11.1 Å². The molecule has 8 heteroatoms. The number of aryl methyl sites for hydroxylation is 1. The molecule has 0 unspecified atom stereocenters. The Labute approximate surface area is 188 Å². The molecule has 0 saturated carbocycles. The third-order valence-corrected chi connectivity index (χ3v) is 6.16. The van der Waals surface area contributed by atoms with Crippen molar-refractivity contribution in [2.75, 3.05) is 60.2 Å². The van der Waals surface area contributed by atoms with Crippen molar-refractivity contribution in [3.8, 4) is 11.5 Å². The molecule has 5 rings (SSSR count). The van der Waals surface area contributed by atoms with Gasteiger partial charge >= 0.3 is 0 Å². The first kappa shape index (κ1) is 20.2. The average Bonchev–Trinajstić information content (AvgIpc) is 2.82. The van der Waals surface area contributed by atoms with Crippen LogP contribution in [0.3, 0.4) is 0 Å². The summed E-state index contributed by atoms with van der Waals surface area (Å²) in [5, 5.41) is 3.30. The Hall–Kier alpha value is -3.68. The normalized spacial score (nSPS) is 15.6. The number of nitrogens with two attached hydrogens (primary N) is 1. The third-order valence-electron chi connectivity index (χ3n) is 6.16. The highest BCUT2D eigenvalue weighted by Crippen LogP contribution is 2.35. The van der Waals surface area contributed by atoms with Crippen molar-refractivity contribution in [1.82, 2.24) is 9.97 Å². The fraction of sp³-hybridized carbons (Fsp3) is 0.333. The highest BCUT2D eigenvalue weighted by atomic mass is 16.6. The van der Waals surface area contributed by atoms with Crippen molar-refractivity contribution in [2.24, 2.45) is 0 Å². The number of hydrogen-bond donors (Lipinski definition) is 2. The molecule has 1 saturated heterocycles. The van der Waals surface area contributed by atoms with E-state index in [0.29, 0.717) is 24.7 Å². The van der Waals surface area contributed by atoms with Gasteiger partial charge in [0.15, 0.2) is 23.1 Å². The van der Waals surface area contributed by atoms with Crippen molar-refractivity contribution < 1.29 is 9.47 Å². The molecule has 3 heterocycles. The van der Waals surface area contributed by atoms with Gasteiger partial charge in [0.1, 0.15) is 25.2 Å². The molecule has 0 bridgehead atoms. The first-order chi connectivity index (χ1) is 15.6. The van der Waals surface area contributed by atoms with Crippen LogP contribution < -0.4 is 30.3 Å². The highest BCUT2D eigenvalue weighted by molar-refractivity contribution is 5.79. The van der Waals surface area contributed by atoms with E-state index in [0.717, 1.165) is 49.2 Å². The maximum absolute atomic E-state index is 6.49. The van der Waals surface area contributed by atoms with Crippen LogP contribution in [-0.2, 0) is 0 Å². The van der Waals surface area contributed by atoms with Crippen LogP contribution in [0.15, 0.2) is 42.7 Å². The van der Waals surface area contributed by atoms with E-state index in [1.165, 1.54) is 16.8 Å². The predicted molar refractivity (Wildman–Crippen MR) is 128 cm³/mol. The van der Waals surface area contributed by atoms with Gasteiger partial charge in [0, 0.05) is 43.6 Å². The lowest BCUT2D eigenvalue weighted by Crippen LogP contribution is -2.47. The fourth-order valence-electron chi connectivity index (χ4n) is 4.23. The van der Waals surface area contributed by atoms with Crippen LogP contribution in [0, 0.1) is 13.8 Å². The van der Waals surface area contributed by atoms with E-state index in [2.05, 4.69) is 57.1 Å². The number of anilines is 5. The van der Waals surface area contributed by atoms with Gasteiger partial charge in [-0.2, -0.15) is 0 Å². The zero-order valence-electron chi connectivity index (χ0n) is 18.5. The Bertz CT molecular complexity index is 1130. The van der Waals surface area contributed by atoms with E-state index >= 15 is 0 Å². The first-order valence-corrected chi connectivity index (χ1v) is 10.9. The van der Waals surface area contributed by atoms with Crippen LogP contribution in [0.4, 0.5) is 28.7 Å². The molecule has 0 spiro atoms. The van der Waals surface area contributed by atoms with Crippen LogP contribution in [0.2, 0.25) is 0 Å². The van der Waals surface area contributed by atoms with Gasteiger partial charge in [-0.1, -0.05) is 12.1 Å². The van der Waals surface area contributed by atoms with Gasteiger partial charge in [-0.05, 0) is 43.2 Å². The molecule has 2 aliphatic heterocycles. The molecule has 0 atom stereocenters. The smallest absolute Gasteiger partial charge is 0.163 e. The standard InChI is InChI=1S/C24H28N6O2/c1-16-4-3-5-19(17(16)2)29-8-10-30(11-9-29)24-22(25)23(26-15-27-24)28-18-6-7-20-21(14-18)32-13-12-31-20/h3-7,14-15H,8-13,25H2,1-2H3,(H,26,27,28). The summed E-state index contributed by atoms with van der Waals surface area (Å²) >= 11 is 0. The monoisotopic (exact) mass is 432 g/mol. The number of rotatable bonds is 4. The molecule has 2 aliphatic rings. The summed E-state index contributed by atoms with van der Waals surface area (Å²) < 4.78 is 11.3. The highest BCUT2D eigenvalue weighted by Gasteiger charge is 2.23. The summed E-state index contributed by atoms with van der Waals surface area (Å²) in [6.07, 6.45) is 1.56. The van der Waals surface area contributed by atoms with Crippen molar-refractivity contribution in [1.29, 1.82) is 0 Å². The number of nitrogens with one attached hydrogen (secondary N) is 1. The molecule has 2 aromatic carbocycles. The minimum Gasteiger partial charge on any atom is -0.486 e. The molecular weight excluding hydrogens is 404 g/mol. The van der Waals surface area contributed by atoms with Gasteiger partial charge in [-0.25, -0.2) is 9.97 Å². The molecule has 8 nitrogen and oxygen atoms in total. The second-order valence-electron chi connectivity index (χ2n) is 8.14. The van der Waals surface area contributed by atoms with Gasteiger partial charge in [0.05, 0.1) is 0 Å². The number of aromatic nitrogens is 2. The first-order valence-electron chi connectivity index (χ1n) is 10.9. The van der Waals surface area contributed by atoms with Crippen molar-refractivity contribution in [3.05, 3.63) is 53.9 Å². The largest absolute Gasteiger partial charge is 0.486 e. The molecule has 1 aromatic heterocycles. The van der Waals surface area contributed by atoms with E-state index in [1.54, 1.807) is 6.33 Å². The zero-order valence-corrected chi connectivity index (χ0v) is 18.5. The number of piperazine rings is 1. The molecule has 3 N–H and O–H groups in total. The topological polar surface area (TPSA) is 88.8 Å². The van der Waals surface area contributed by atoms with Crippen LogP contribution in [0.5, 0.6) is 11.5 Å². The molecule has 32 heavy (non-hydrogen) atoms. The third kappa shape index (κ3) is 3.84. The lowest BCUT2D eigenvalue weighted by Gasteiger charge is -2.38. The maximum Gasteiger partial charge on any atom is 0.163 e. The lowest BCUT2D eigenvalue weighted by atomic mass is 10.1. The van der Waals surface area contributed by atoms with Crippen LogP contribution in [-0.4, -0.2) is 49.4 Å². The SMILES string of the molecule is Cc1cccc(N2CCN(c3ncnc(Nc4ccc5c(c4)OCCO5)c3N)CC2)c1C. The van der Waals surface area contributed by atoms with E-state index < -0.39 is 0 Å². The molecule has 166 valence electrons. The Morgan fingerprint density at radius 1 is 0.906 bits per heavy atom. The number of fused-ring (bicyclic) bond motifs is 1. The van der Waals surface area contributed by atoms with E-state index in [-0.39, 0.29) is 0 Å². The summed E-state index contributed by atoms with van der Waals surface area (Å²) in [5.41, 5.74) is 11.8. The van der Waals surface area contributed by atoms with Crippen molar-refractivity contribution >= 4 is 28.7 Å².